The Morgan fingerprint density at radius 2 is 1.50 bits per heavy atom. The molecule has 0 aliphatic heterocycles. The second kappa shape index (κ2) is 10.2. The van der Waals surface area contributed by atoms with E-state index in [9.17, 15) is 31.1 Å². The first-order chi connectivity index (χ1) is 12.1. The van der Waals surface area contributed by atoms with Gasteiger partial charge in [0.15, 0.2) is 0 Å². The molecule has 0 aliphatic rings. The Bertz CT molecular complexity index is 565. The van der Waals surface area contributed by atoms with E-state index in [0.29, 0.717) is 24.2 Å². The number of benzene rings is 1. The molecule has 1 aromatic rings. The lowest BCUT2D eigenvalue weighted by Crippen LogP contribution is -2.41. The van der Waals surface area contributed by atoms with Gasteiger partial charge in [0.2, 0.25) is 0 Å². The van der Waals surface area contributed by atoms with Crippen molar-refractivity contribution in [3.05, 3.63) is 42.5 Å². The fourth-order valence-electron chi connectivity index (χ4n) is 2.31. The van der Waals surface area contributed by atoms with Gasteiger partial charge < -0.3 is 4.90 Å². The number of unbranched alkanes of at least 4 members (excludes halogenated alkanes) is 3. The SMILES string of the molecule is O=C(N(CC/C=C/CCCCCC(F)(F)F)c1ccccc1)C(F)(F)F. The second-order valence-electron chi connectivity index (χ2n) is 5.76. The van der Waals surface area contributed by atoms with Gasteiger partial charge in [0.05, 0.1) is 0 Å². The smallest absolute Gasteiger partial charge is 0.304 e. The first-order valence-corrected chi connectivity index (χ1v) is 8.27. The molecular formula is C18H21F6NO. The minimum absolute atomic E-state index is 0.0687. The van der Waals surface area contributed by atoms with Crippen LogP contribution in [-0.4, -0.2) is 24.8 Å². The van der Waals surface area contributed by atoms with Gasteiger partial charge >= 0.3 is 18.3 Å². The lowest BCUT2D eigenvalue weighted by Gasteiger charge is -2.23. The van der Waals surface area contributed by atoms with Gasteiger partial charge in [0, 0.05) is 18.7 Å². The minimum Gasteiger partial charge on any atom is -0.304 e. The number of hydrogen-bond acceptors (Lipinski definition) is 1. The summed E-state index contributed by atoms with van der Waals surface area (Å²) in [7, 11) is 0. The average molecular weight is 381 g/mol. The zero-order valence-corrected chi connectivity index (χ0v) is 14.1. The number of halogens is 6. The highest BCUT2D eigenvalue weighted by atomic mass is 19.4. The highest BCUT2D eigenvalue weighted by Crippen LogP contribution is 2.24. The zero-order chi connectivity index (χ0) is 19.6. The molecule has 0 aromatic heterocycles. The largest absolute Gasteiger partial charge is 0.471 e. The molecule has 0 saturated carbocycles. The average Bonchev–Trinajstić information content (AvgIpc) is 2.55. The molecule has 0 saturated heterocycles. The summed E-state index contributed by atoms with van der Waals surface area (Å²) in [6.07, 6.45) is -4.68. The van der Waals surface area contributed by atoms with Crippen molar-refractivity contribution in [1.82, 2.24) is 0 Å². The molecule has 26 heavy (non-hydrogen) atoms. The Morgan fingerprint density at radius 1 is 0.885 bits per heavy atom. The highest BCUT2D eigenvalue weighted by molar-refractivity contribution is 5.97. The number of para-hydroxylation sites is 1. The Kier molecular flexibility index (Phi) is 8.68. The topological polar surface area (TPSA) is 20.3 Å². The van der Waals surface area contributed by atoms with E-state index < -0.39 is 24.7 Å². The third kappa shape index (κ3) is 8.92. The number of anilines is 1. The Hall–Kier alpha value is -1.99. The highest BCUT2D eigenvalue weighted by Gasteiger charge is 2.42. The van der Waals surface area contributed by atoms with Crippen molar-refractivity contribution in [1.29, 1.82) is 0 Å². The van der Waals surface area contributed by atoms with E-state index in [0.717, 1.165) is 0 Å². The molecule has 1 rings (SSSR count). The van der Waals surface area contributed by atoms with Gasteiger partial charge in [-0.05, 0) is 37.8 Å². The van der Waals surface area contributed by atoms with Gasteiger partial charge in [0.1, 0.15) is 0 Å². The quantitative estimate of drug-likeness (QED) is 0.290. The van der Waals surface area contributed by atoms with Crippen LogP contribution in [-0.2, 0) is 4.79 Å². The van der Waals surface area contributed by atoms with E-state index in [1.807, 2.05) is 0 Å². The fraction of sp³-hybridized carbons (Fsp3) is 0.500. The third-order valence-electron chi connectivity index (χ3n) is 3.57. The first kappa shape index (κ1) is 22.1. The molecule has 0 unspecified atom stereocenters. The molecule has 1 amide bonds. The molecule has 0 N–H and O–H groups in total. The summed E-state index contributed by atoms with van der Waals surface area (Å²) in [6.45, 7) is -0.132. The van der Waals surface area contributed by atoms with Crippen molar-refractivity contribution in [2.45, 2.75) is 50.9 Å². The molecule has 0 atom stereocenters. The summed E-state index contributed by atoms with van der Waals surface area (Å²) in [5, 5.41) is 0. The van der Waals surface area contributed by atoms with Crippen LogP contribution in [0.4, 0.5) is 32.0 Å². The van der Waals surface area contributed by atoms with Crippen molar-refractivity contribution < 1.29 is 31.1 Å². The van der Waals surface area contributed by atoms with Crippen molar-refractivity contribution in [2.24, 2.45) is 0 Å². The summed E-state index contributed by atoms with van der Waals surface area (Å²) in [5.74, 6) is -1.93. The number of allylic oxidation sites excluding steroid dienone is 1. The fourth-order valence-corrected chi connectivity index (χ4v) is 2.31. The van der Waals surface area contributed by atoms with Crippen LogP contribution in [0, 0.1) is 0 Å². The molecule has 1 aromatic carbocycles. The number of alkyl halides is 6. The molecule has 8 heteroatoms. The molecule has 0 aliphatic carbocycles. The first-order valence-electron chi connectivity index (χ1n) is 8.27. The van der Waals surface area contributed by atoms with Crippen LogP contribution in [0.3, 0.4) is 0 Å². The summed E-state index contributed by atoms with van der Waals surface area (Å²) in [5.41, 5.74) is 0.162. The number of rotatable bonds is 9. The predicted octanol–water partition coefficient (Wildman–Crippen LogP) is 6.04. The minimum atomic E-state index is -4.96. The van der Waals surface area contributed by atoms with Crippen LogP contribution in [0.5, 0.6) is 0 Å². The van der Waals surface area contributed by atoms with E-state index in [1.165, 1.54) is 12.1 Å². The van der Waals surface area contributed by atoms with Gasteiger partial charge in [-0.1, -0.05) is 36.8 Å². The van der Waals surface area contributed by atoms with Crippen molar-refractivity contribution >= 4 is 11.6 Å². The number of nitrogens with zero attached hydrogens (tertiary/aromatic N) is 1. The molecule has 0 fully saturated rings. The standard InChI is InChI=1S/C18H21F6NO/c19-17(20,21)13-9-4-2-1-3-5-10-14-25(16(26)18(22,23)24)15-11-7-6-8-12-15/h3,5-8,11-12H,1-2,4,9-10,13-14H2/b5-3+. The molecule has 0 spiro atoms. The monoisotopic (exact) mass is 381 g/mol. The Labute approximate surface area is 148 Å². The van der Waals surface area contributed by atoms with Gasteiger partial charge in [0.25, 0.3) is 0 Å². The number of amides is 1. The van der Waals surface area contributed by atoms with Crippen LogP contribution in [0.15, 0.2) is 42.5 Å². The second-order valence-corrected chi connectivity index (χ2v) is 5.76. The van der Waals surface area contributed by atoms with Gasteiger partial charge in [-0.3, -0.25) is 4.79 Å². The third-order valence-corrected chi connectivity index (χ3v) is 3.57. The Balaban J connectivity index is 2.42. The van der Waals surface area contributed by atoms with Crippen LogP contribution in [0.2, 0.25) is 0 Å². The van der Waals surface area contributed by atoms with E-state index in [2.05, 4.69) is 0 Å². The summed E-state index contributed by atoms with van der Waals surface area (Å²) < 4.78 is 74.1. The van der Waals surface area contributed by atoms with Crippen molar-refractivity contribution in [3.63, 3.8) is 0 Å². The predicted molar refractivity (Wildman–Crippen MR) is 87.7 cm³/mol. The molecule has 0 heterocycles. The van der Waals surface area contributed by atoms with Crippen molar-refractivity contribution in [3.8, 4) is 0 Å². The molecule has 0 radical (unpaired) electrons. The number of hydrogen-bond donors (Lipinski definition) is 0. The zero-order valence-electron chi connectivity index (χ0n) is 14.1. The lowest BCUT2D eigenvalue weighted by atomic mass is 10.1. The van der Waals surface area contributed by atoms with Crippen LogP contribution < -0.4 is 4.90 Å². The summed E-state index contributed by atoms with van der Waals surface area (Å²) in [6, 6.07) is 7.58. The molecule has 2 nitrogen and oxygen atoms in total. The maximum Gasteiger partial charge on any atom is 0.471 e. The van der Waals surface area contributed by atoms with Crippen LogP contribution >= 0.6 is 0 Å². The van der Waals surface area contributed by atoms with Gasteiger partial charge in [-0.2, -0.15) is 26.3 Å². The summed E-state index contributed by atoms with van der Waals surface area (Å²) >= 11 is 0. The van der Waals surface area contributed by atoms with E-state index in [1.54, 1.807) is 30.4 Å². The normalized spacial score (nSPS) is 12.5. The number of carbonyl (C=O) groups is 1. The van der Waals surface area contributed by atoms with Gasteiger partial charge in [-0.25, -0.2) is 0 Å². The number of carbonyl (C=O) groups excluding carboxylic acids is 1. The maximum absolute atomic E-state index is 12.7. The van der Waals surface area contributed by atoms with Crippen LogP contribution in [0.1, 0.15) is 38.5 Å². The van der Waals surface area contributed by atoms with E-state index in [-0.39, 0.29) is 25.1 Å². The van der Waals surface area contributed by atoms with Crippen molar-refractivity contribution in [2.75, 3.05) is 11.4 Å². The lowest BCUT2D eigenvalue weighted by molar-refractivity contribution is -0.170. The molecule has 0 bridgehead atoms. The van der Waals surface area contributed by atoms with Crippen LogP contribution in [0.25, 0.3) is 0 Å². The van der Waals surface area contributed by atoms with Gasteiger partial charge in [-0.15, -0.1) is 0 Å². The molecular weight excluding hydrogens is 360 g/mol. The maximum atomic E-state index is 12.7. The van der Waals surface area contributed by atoms with E-state index >= 15 is 0 Å². The van der Waals surface area contributed by atoms with E-state index in [4.69, 9.17) is 0 Å². The molecule has 146 valence electrons. The Morgan fingerprint density at radius 3 is 2.08 bits per heavy atom. The summed E-state index contributed by atoms with van der Waals surface area (Å²) in [4.78, 5) is 12.2.